The molecular formula is C43H52N8O6. The zero-order valence-corrected chi connectivity index (χ0v) is 33.3. The van der Waals surface area contributed by atoms with Crippen LogP contribution < -0.4 is 10.6 Å². The molecule has 2 aromatic carbocycles. The first kappa shape index (κ1) is 39.3. The summed E-state index contributed by atoms with van der Waals surface area (Å²) in [7, 11) is 2.57. The highest BCUT2D eigenvalue weighted by atomic mass is 16.5. The summed E-state index contributed by atoms with van der Waals surface area (Å²) in [5.74, 6) is 0.832. The molecule has 1 aliphatic carbocycles. The van der Waals surface area contributed by atoms with Gasteiger partial charge in [0.25, 0.3) is 0 Å². The summed E-state index contributed by atoms with van der Waals surface area (Å²) in [6.07, 6.45) is 11.7. The van der Waals surface area contributed by atoms with Crippen molar-refractivity contribution in [1.82, 2.24) is 40.4 Å². The fourth-order valence-electron chi connectivity index (χ4n) is 8.22. The number of allylic oxidation sites excluding steroid dienone is 4. The van der Waals surface area contributed by atoms with Crippen LogP contribution in [0.3, 0.4) is 0 Å². The number of fused-ring (bicyclic) bond motifs is 1. The number of hydrogen-bond donors (Lipinski definition) is 4. The van der Waals surface area contributed by atoms with E-state index in [2.05, 4.69) is 69.2 Å². The predicted molar refractivity (Wildman–Crippen MR) is 214 cm³/mol. The Morgan fingerprint density at radius 2 is 1.40 bits per heavy atom. The van der Waals surface area contributed by atoms with Gasteiger partial charge in [0.2, 0.25) is 11.8 Å². The van der Waals surface area contributed by atoms with Crippen molar-refractivity contribution in [2.75, 3.05) is 27.3 Å². The quantitative estimate of drug-likeness (QED) is 0.131. The van der Waals surface area contributed by atoms with E-state index in [0.717, 1.165) is 41.6 Å². The molecule has 4 heterocycles. The van der Waals surface area contributed by atoms with Crippen molar-refractivity contribution < 1.29 is 28.7 Å². The maximum atomic E-state index is 13.9. The molecule has 4 amide bonds. The van der Waals surface area contributed by atoms with Crippen LogP contribution >= 0.6 is 0 Å². The van der Waals surface area contributed by atoms with Crippen molar-refractivity contribution in [3.8, 4) is 0 Å². The monoisotopic (exact) mass is 776 g/mol. The van der Waals surface area contributed by atoms with Gasteiger partial charge < -0.3 is 39.9 Å². The van der Waals surface area contributed by atoms with Crippen LogP contribution in [0, 0.1) is 11.8 Å². The largest absolute Gasteiger partial charge is 0.453 e. The Balaban J connectivity index is 1.21. The van der Waals surface area contributed by atoms with Crippen molar-refractivity contribution in [2.45, 2.75) is 82.5 Å². The number of amides is 4. The molecule has 2 saturated heterocycles. The summed E-state index contributed by atoms with van der Waals surface area (Å²) >= 11 is 0. The van der Waals surface area contributed by atoms with Crippen molar-refractivity contribution in [1.29, 1.82) is 0 Å². The third-order valence-corrected chi connectivity index (χ3v) is 11.6. The van der Waals surface area contributed by atoms with Gasteiger partial charge in [0.05, 0.1) is 48.4 Å². The van der Waals surface area contributed by atoms with Gasteiger partial charge >= 0.3 is 12.2 Å². The molecule has 2 fully saturated rings. The molecule has 0 bridgehead atoms. The lowest BCUT2D eigenvalue weighted by Gasteiger charge is -2.42. The number of aromatic nitrogens is 4. The second kappa shape index (κ2) is 16.3. The second-order valence-corrected chi connectivity index (χ2v) is 15.8. The van der Waals surface area contributed by atoms with Gasteiger partial charge in [0, 0.05) is 25.2 Å². The van der Waals surface area contributed by atoms with Crippen LogP contribution in [0.25, 0.3) is 11.0 Å². The highest BCUT2D eigenvalue weighted by molar-refractivity contribution is 5.87. The molecule has 14 heteroatoms. The van der Waals surface area contributed by atoms with Crippen LogP contribution in [0.1, 0.15) is 93.4 Å². The number of ether oxygens (including phenoxy) is 2. The Kier molecular flexibility index (Phi) is 11.2. The molecular weight excluding hydrogens is 725 g/mol. The van der Waals surface area contributed by atoms with Gasteiger partial charge in [-0.05, 0) is 54.4 Å². The van der Waals surface area contributed by atoms with Crippen molar-refractivity contribution in [3.05, 3.63) is 108 Å². The summed E-state index contributed by atoms with van der Waals surface area (Å²) in [6, 6.07) is 14.5. The van der Waals surface area contributed by atoms with E-state index in [-0.39, 0.29) is 41.7 Å². The molecule has 14 nitrogen and oxygen atoms in total. The summed E-state index contributed by atoms with van der Waals surface area (Å²) < 4.78 is 9.60. The number of alkyl carbamates (subject to hydrolysis) is 2. The van der Waals surface area contributed by atoms with Crippen LogP contribution in [0.5, 0.6) is 0 Å². The first-order chi connectivity index (χ1) is 27.4. The predicted octanol–water partition coefficient (Wildman–Crippen LogP) is 6.18. The maximum Gasteiger partial charge on any atom is 0.407 e. The van der Waals surface area contributed by atoms with Crippen LogP contribution in [-0.4, -0.2) is 93.1 Å². The van der Waals surface area contributed by atoms with Crippen LogP contribution in [0.15, 0.2) is 79.0 Å². The average molecular weight is 777 g/mol. The van der Waals surface area contributed by atoms with Gasteiger partial charge in [0.1, 0.15) is 23.7 Å². The number of rotatable bonds is 11. The minimum Gasteiger partial charge on any atom is -0.453 e. The maximum absolute atomic E-state index is 13.9. The summed E-state index contributed by atoms with van der Waals surface area (Å²) in [6.45, 7) is 8.69. The van der Waals surface area contributed by atoms with E-state index in [0.29, 0.717) is 24.7 Å². The van der Waals surface area contributed by atoms with E-state index >= 15 is 0 Å². The fraction of sp³-hybridized carbons (Fsp3) is 0.442. The zero-order valence-electron chi connectivity index (χ0n) is 33.3. The number of carbonyl (C=O) groups excluding carboxylic acids is 4. The summed E-state index contributed by atoms with van der Waals surface area (Å²) in [4.78, 5) is 72.3. The highest BCUT2D eigenvalue weighted by Crippen LogP contribution is 2.42. The lowest BCUT2D eigenvalue weighted by molar-refractivity contribution is -0.142. The first-order valence-corrected chi connectivity index (χ1v) is 19.7. The number of nitrogens with one attached hydrogen (secondary N) is 4. The lowest BCUT2D eigenvalue weighted by Crippen LogP contribution is -2.56. The first-order valence-electron chi connectivity index (χ1n) is 19.7. The number of H-pyrrole nitrogens is 2. The normalized spacial score (nSPS) is 22.7. The van der Waals surface area contributed by atoms with Gasteiger partial charge in [0.15, 0.2) is 0 Å². The number of hydrogen-bond acceptors (Lipinski definition) is 8. The van der Waals surface area contributed by atoms with Gasteiger partial charge in [-0.3, -0.25) is 9.59 Å². The zero-order chi connectivity index (χ0) is 40.4. The molecule has 300 valence electrons. The molecule has 4 N–H and O–H groups in total. The van der Waals surface area contributed by atoms with Gasteiger partial charge in [-0.1, -0.05) is 88.4 Å². The van der Waals surface area contributed by atoms with E-state index in [1.54, 1.807) is 4.90 Å². The van der Waals surface area contributed by atoms with E-state index in [1.807, 2.05) is 63.1 Å². The number of imidazole rings is 2. The number of nitrogens with zero attached hydrogens (tertiary/aromatic N) is 4. The molecule has 3 aliphatic rings. The molecule has 57 heavy (non-hydrogen) atoms. The van der Waals surface area contributed by atoms with E-state index in [9.17, 15) is 19.2 Å². The molecule has 2 aliphatic heterocycles. The number of benzene rings is 2. The Bertz CT molecular complexity index is 2160. The number of methoxy groups -OCH3 is 2. The average Bonchev–Trinajstić information content (AvgIpc) is 3.98. The molecule has 4 aromatic rings. The Morgan fingerprint density at radius 1 is 0.789 bits per heavy atom. The Morgan fingerprint density at radius 3 is 1.98 bits per heavy atom. The number of likely N-dealkylation sites (tertiary alicyclic amines) is 2. The lowest BCUT2D eigenvalue weighted by atomic mass is 9.73. The smallest absolute Gasteiger partial charge is 0.407 e. The molecule has 0 spiro atoms. The Labute approximate surface area is 332 Å². The van der Waals surface area contributed by atoms with E-state index in [4.69, 9.17) is 19.4 Å². The number of carbonyl (C=O) groups is 4. The standard InChI is InChI=1S/C43H52N8O6/c1-25(2)35(48-41(54)56-5)39(52)50-21-10-13-32(50)37-44-24-34(47-37)43(19-16-28(17-20-43)27-11-8-7-9-12-27)29-14-15-30-31(23-29)46-38(45-30)33-18-22-51(33)40(53)36(26(3)4)49-42(55)57-6/h7-9,11-12,14-17,19-20,23-26,28,32-33,35-36H,10,13,18,21-22H2,1-6H3,(H,44,47)(H,45,46)(H,48,54)(H,49,55). The minimum atomic E-state index is -0.737. The van der Waals surface area contributed by atoms with Crippen LogP contribution in [-0.2, 0) is 24.5 Å². The minimum absolute atomic E-state index is 0.0768. The second-order valence-electron chi connectivity index (χ2n) is 15.8. The topological polar surface area (TPSA) is 175 Å². The van der Waals surface area contributed by atoms with Gasteiger partial charge in [-0.25, -0.2) is 19.6 Å². The van der Waals surface area contributed by atoms with Crippen molar-refractivity contribution in [3.63, 3.8) is 0 Å². The molecule has 0 radical (unpaired) electrons. The SMILES string of the molecule is COC(=O)NC(C(=O)N1CCCC1c1ncc(C2(c3ccc4nc(C5CCN5C(=O)C(NC(=O)OC)C(C)C)[nH]c4c3)C=CC(c3ccccc3)C=C2)[nH]1)C(C)C. The third kappa shape index (κ3) is 7.64. The van der Waals surface area contributed by atoms with Gasteiger partial charge in [-0.2, -0.15) is 0 Å². The summed E-state index contributed by atoms with van der Waals surface area (Å²) in [5.41, 5.74) is 3.86. The molecule has 4 atom stereocenters. The summed E-state index contributed by atoms with van der Waals surface area (Å²) in [5, 5.41) is 5.42. The molecule has 2 aromatic heterocycles. The third-order valence-electron chi connectivity index (χ3n) is 11.6. The van der Waals surface area contributed by atoms with Crippen molar-refractivity contribution in [2.24, 2.45) is 11.8 Å². The number of aromatic amines is 2. The van der Waals surface area contributed by atoms with Gasteiger partial charge in [-0.15, -0.1) is 0 Å². The van der Waals surface area contributed by atoms with E-state index < -0.39 is 29.7 Å². The Hall–Kier alpha value is -5.92. The highest BCUT2D eigenvalue weighted by Gasteiger charge is 2.42. The van der Waals surface area contributed by atoms with Crippen LogP contribution in [0.4, 0.5) is 9.59 Å². The van der Waals surface area contributed by atoms with Crippen LogP contribution in [0.2, 0.25) is 0 Å². The van der Waals surface area contributed by atoms with E-state index in [1.165, 1.54) is 19.8 Å². The molecule has 0 saturated carbocycles. The molecule has 7 rings (SSSR count). The molecule has 4 unspecified atom stereocenters. The van der Waals surface area contributed by atoms with Crippen molar-refractivity contribution >= 4 is 35.0 Å². The fourth-order valence-corrected chi connectivity index (χ4v) is 8.22.